The predicted molar refractivity (Wildman–Crippen MR) is 114 cm³/mol. The quantitative estimate of drug-likeness (QED) is 0.653. The highest BCUT2D eigenvalue weighted by Crippen LogP contribution is 2.24. The zero-order valence-corrected chi connectivity index (χ0v) is 17.0. The Kier molecular flexibility index (Phi) is 5.65. The number of rotatable bonds is 5. The lowest BCUT2D eigenvalue weighted by Gasteiger charge is -2.32. The lowest BCUT2D eigenvalue weighted by atomic mass is 9.97. The standard InChI is InChI=1S/C24H27N3O2/c1-18-6-3-10-23(12-18)29-17-19-7-5-11-27(15-19)24(28)21-9-4-8-20(13-21)22-14-25-26(2)16-22/h3-4,6,8-10,12-14,16,19H,5,7,11,15,17H2,1-2H3. The first-order valence-electron chi connectivity index (χ1n) is 10.2. The van der Waals surface area contributed by atoms with E-state index in [1.54, 1.807) is 4.68 Å². The fourth-order valence-corrected chi connectivity index (χ4v) is 3.89. The second-order valence-corrected chi connectivity index (χ2v) is 7.87. The van der Waals surface area contributed by atoms with Gasteiger partial charge in [0.15, 0.2) is 0 Å². The highest BCUT2D eigenvalue weighted by atomic mass is 16.5. The highest BCUT2D eigenvalue weighted by molar-refractivity contribution is 5.95. The summed E-state index contributed by atoms with van der Waals surface area (Å²) < 4.78 is 7.76. The summed E-state index contributed by atoms with van der Waals surface area (Å²) >= 11 is 0. The van der Waals surface area contributed by atoms with E-state index in [4.69, 9.17) is 4.74 Å². The fraction of sp³-hybridized carbons (Fsp3) is 0.333. The van der Waals surface area contributed by atoms with Gasteiger partial charge in [-0.25, -0.2) is 0 Å². The van der Waals surface area contributed by atoms with E-state index in [1.165, 1.54) is 5.56 Å². The smallest absolute Gasteiger partial charge is 0.253 e. The number of likely N-dealkylation sites (tertiary alicyclic amines) is 1. The number of piperidine rings is 1. The zero-order chi connectivity index (χ0) is 20.2. The topological polar surface area (TPSA) is 47.4 Å². The van der Waals surface area contributed by atoms with Gasteiger partial charge in [-0.2, -0.15) is 5.10 Å². The fourth-order valence-electron chi connectivity index (χ4n) is 3.89. The molecule has 2 heterocycles. The highest BCUT2D eigenvalue weighted by Gasteiger charge is 2.25. The van der Waals surface area contributed by atoms with Gasteiger partial charge in [-0.1, -0.05) is 24.3 Å². The van der Waals surface area contributed by atoms with E-state index in [9.17, 15) is 4.79 Å². The lowest BCUT2D eigenvalue weighted by Crippen LogP contribution is -2.41. The third-order valence-corrected chi connectivity index (χ3v) is 5.43. The minimum Gasteiger partial charge on any atom is -0.493 e. The molecule has 1 saturated heterocycles. The Labute approximate surface area is 171 Å². The first-order valence-corrected chi connectivity index (χ1v) is 10.2. The van der Waals surface area contributed by atoms with E-state index in [1.807, 2.05) is 60.7 Å². The van der Waals surface area contributed by atoms with Crippen LogP contribution in [0.3, 0.4) is 0 Å². The van der Waals surface area contributed by atoms with Crippen LogP contribution in [-0.2, 0) is 7.05 Å². The van der Waals surface area contributed by atoms with Gasteiger partial charge in [-0.3, -0.25) is 9.48 Å². The monoisotopic (exact) mass is 389 g/mol. The molecule has 29 heavy (non-hydrogen) atoms. The maximum atomic E-state index is 13.1. The molecule has 1 fully saturated rings. The molecule has 0 N–H and O–H groups in total. The van der Waals surface area contributed by atoms with Crippen molar-refractivity contribution in [1.82, 2.24) is 14.7 Å². The number of carbonyl (C=O) groups is 1. The minimum absolute atomic E-state index is 0.0935. The van der Waals surface area contributed by atoms with Crippen LogP contribution in [0.15, 0.2) is 60.9 Å². The number of benzene rings is 2. The third-order valence-electron chi connectivity index (χ3n) is 5.43. The van der Waals surface area contributed by atoms with Crippen molar-refractivity contribution >= 4 is 5.91 Å². The molecule has 1 unspecified atom stereocenters. The van der Waals surface area contributed by atoms with Gasteiger partial charge in [0, 0.05) is 43.4 Å². The molecule has 5 heteroatoms. The molecule has 0 aliphatic carbocycles. The number of hydrogen-bond acceptors (Lipinski definition) is 3. The van der Waals surface area contributed by atoms with Crippen LogP contribution < -0.4 is 4.74 Å². The Morgan fingerprint density at radius 2 is 2.03 bits per heavy atom. The van der Waals surface area contributed by atoms with Crippen molar-refractivity contribution in [2.45, 2.75) is 19.8 Å². The molecule has 3 aromatic rings. The number of amides is 1. The van der Waals surface area contributed by atoms with Gasteiger partial charge in [0.25, 0.3) is 5.91 Å². The predicted octanol–water partition coefficient (Wildman–Crippen LogP) is 4.33. The van der Waals surface area contributed by atoms with E-state index in [0.29, 0.717) is 12.5 Å². The third kappa shape index (κ3) is 4.67. The molecule has 5 nitrogen and oxygen atoms in total. The van der Waals surface area contributed by atoms with Crippen molar-refractivity contribution in [3.8, 4) is 16.9 Å². The Morgan fingerprint density at radius 1 is 1.17 bits per heavy atom. The van der Waals surface area contributed by atoms with Gasteiger partial charge in [-0.05, 0) is 55.2 Å². The second-order valence-electron chi connectivity index (χ2n) is 7.87. The Morgan fingerprint density at radius 3 is 2.83 bits per heavy atom. The van der Waals surface area contributed by atoms with E-state index in [2.05, 4.69) is 24.2 Å². The van der Waals surface area contributed by atoms with Crippen molar-refractivity contribution < 1.29 is 9.53 Å². The van der Waals surface area contributed by atoms with Gasteiger partial charge in [0.05, 0.1) is 12.8 Å². The number of nitrogens with zero attached hydrogens (tertiary/aromatic N) is 3. The van der Waals surface area contributed by atoms with Crippen molar-refractivity contribution in [3.05, 3.63) is 72.1 Å². The van der Waals surface area contributed by atoms with Crippen LogP contribution in [-0.4, -0.2) is 40.3 Å². The Bertz CT molecular complexity index is 995. The summed E-state index contributed by atoms with van der Waals surface area (Å²) in [5.74, 6) is 1.35. The molecule has 0 spiro atoms. The van der Waals surface area contributed by atoms with Crippen LogP contribution >= 0.6 is 0 Å². The average molecular weight is 389 g/mol. The van der Waals surface area contributed by atoms with Gasteiger partial charge in [0.1, 0.15) is 5.75 Å². The van der Waals surface area contributed by atoms with Crippen LogP contribution in [0.5, 0.6) is 5.75 Å². The molecule has 1 aliphatic rings. The van der Waals surface area contributed by atoms with Crippen LogP contribution in [0.25, 0.3) is 11.1 Å². The summed E-state index contributed by atoms with van der Waals surface area (Å²) in [6.45, 7) is 4.25. The van der Waals surface area contributed by atoms with Gasteiger partial charge >= 0.3 is 0 Å². The first-order chi connectivity index (χ1) is 14.1. The molecule has 1 aromatic heterocycles. The number of carbonyl (C=O) groups excluding carboxylic acids is 1. The van der Waals surface area contributed by atoms with Gasteiger partial charge < -0.3 is 9.64 Å². The first kappa shape index (κ1) is 19.2. The van der Waals surface area contributed by atoms with E-state index in [0.717, 1.165) is 48.4 Å². The van der Waals surface area contributed by atoms with Gasteiger partial charge in [0.2, 0.25) is 0 Å². The molecule has 1 aliphatic heterocycles. The molecule has 0 saturated carbocycles. The molecule has 1 atom stereocenters. The largest absolute Gasteiger partial charge is 0.493 e. The maximum Gasteiger partial charge on any atom is 0.253 e. The van der Waals surface area contributed by atoms with Crippen LogP contribution in [0.4, 0.5) is 0 Å². The summed E-state index contributed by atoms with van der Waals surface area (Å²) in [5.41, 5.74) is 3.95. The Balaban J connectivity index is 1.41. The van der Waals surface area contributed by atoms with Crippen molar-refractivity contribution in [2.75, 3.05) is 19.7 Å². The number of ether oxygens (including phenoxy) is 1. The van der Waals surface area contributed by atoms with Crippen molar-refractivity contribution in [2.24, 2.45) is 13.0 Å². The normalized spacial score (nSPS) is 16.6. The minimum atomic E-state index is 0.0935. The second kappa shape index (κ2) is 8.52. The van der Waals surface area contributed by atoms with Crippen LogP contribution in [0.2, 0.25) is 0 Å². The summed E-state index contributed by atoms with van der Waals surface area (Å²) in [5, 5.41) is 4.23. The molecule has 2 aromatic carbocycles. The molecule has 150 valence electrons. The molecule has 1 amide bonds. The SMILES string of the molecule is Cc1cccc(OCC2CCCN(C(=O)c3cccc(-c4cnn(C)c4)c3)C2)c1. The van der Waals surface area contributed by atoms with E-state index >= 15 is 0 Å². The number of aryl methyl sites for hydroxylation is 2. The summed E-state index contributed by atoms with van der Waals surface area (Å²) in [6.07, 6.45) is 5.88. The lowest BCUT2D eigenvalue weighted by molar-refractivity contribution is 0.0633. The summed E-state index contributed by atoms with van der Waals surface area (Å²) in [7, 11) is 1.89. The van der Waals surface area contributed by atoms with Gasteiger partial charge in [-0.15, -0.1) is 0 Å². The van der Waals surface area contributed by atoms with Crippen LogP contribution in [0.1, 0.15) is 28.8 Å². The molecule has 0 radical (unpaired) electrons. The van der Waals surface area contributed by atoms with Crippen molar-refractivity contribution in [1.29, 1.82) is 0 Å². The maximum absolute atomic E-state index is 13.1. The Hall–Kier alpha value is -3.08. The van der Waals surface area contributed by atoms with Crippen molar-refractivity contribution in [3.63, 3.8) is 0 Å². The number of hydrogen-bond donors (Lipinski definition) is 0. The van der Waals surface area contributed by atoms with E-state index in [-0.39, 0.29) is 5.91 Å². The average Bonchev–Trinajstić information content (AvgIpc) is 3.18. The molecular weight excluding hydrogens is 362 g/mol. The molecule has 4 rings (SSSR count). The summed E-state index contributed by atoms with van der Waals surface area (Å²) in [4.78, 5) is 15.1. The van der Waals surface area contributed by atoms with Crippen LogP contribution in [0, 0.1) is 12.8 Å². The zero-order valence-electron chi connectivity index (χ0n) is 17.0. The molecule has 0 bridgehead atoms. The van der Waals surface area contributed by atoms with E-state index < -0.39 is 0 Å². The molecular formula is C24H27N3O2. The number of aromatic nitrogens is 2. The summed E-state index contributed by atoms with van der Waals surface area (Å²) in [6, 6.07) is 15.9.